The molecule has 0 bridgehead atoms. The Morgan fingerprint density at radius 2 is 1.94 bits per heavy atom. The second-order valence-corrected chi connectivity index (χ2v) is 5.59. The van der Waals surface area contributed by atoms with Crippen molar-refractivity contribution in [2.75, 3.05) is 0 Å². The Hall–Kier alpha value is -1.02. The number of nitrogens with one attached hydrogen (secondary N) is 1. The monoisotopic (exact) mass is 247 g/mol. The van der Waals surface area contributed by atoms with Crippen LogP contribution in [0.4, 0.5) is 0 Å². The van der Waals surface area contributed by atoms with Gasteiger partial charge < -0.3 is 10.4 Å². The van der Waals surface area contributed by atoms with E-state index in [2.05, 4.69) is 18.3 Å². The van der Waals surface area contributed by atoms with Gasteiger partial charge in [-0.05, 0) is 43.4 Å². The summed E-state index contributed by atoms with van der Waals surface area (Å²) >= 11 is 0. The zero-order valence-corrected chi connectivity index (χ0v) is 11.4. The quantitative estimate of drug-likeness (QED) is 0.792. The van der Waals surface area contributed by atoms with Crippen LogP contribution < -0.4 is 5.32 Å². The lowest BCUT2D eigenvalue weighted by atomic mass is 9.93. The molecule has 2 N–H and O–H groups in total. The molecule has 0 radical (unpaired) electrons. The van der Waals surface area contributed by atoms with Crippen molar-refractivity contribution in [3.63, 3.8) is 0 Å². The number of aromatic hydroxyl groups is 1. The van der Waals surface area contributed by atoms with E-state index in [-0.39, 0.29) is 0 Å². The van der Waals surface area contributed by atoms with Crippen LogP contribution >= 0.6 is 0 Å². The minimum Gasteiger partial charge on any atom is -0.508 e. The average Bonchev–Trinajstić information content (AvgIpc) is 2.65. The van der Waals surface area contributed by atoms with Crippen LogP contribution in [0.2, 0.25) is 0 Å². The normalized spacial score (nSPS) is 19.4. The largest absolute Gasteiger partial charge is 0.508 e. The molecule has 0 aliphatic heterocycles. The lowest BCUT2D eigenvalue weighted by Gasteiger charge is -2.23. The van der Waals surface area contributed by atoms with E-state index in [1.807, 2.05) is 12.1 Å². The fourth-order valence-corrected chi connectivity index (χ4v) is 2.92. The van der Waals surface area contributed by atoms with Gasteiger partial charge in [-0.15, -0.1) is 0 Å². The predicted octanol–water partition coefficient (Wildman–Crippen LogP) is 3.84. The highest BCUT2D eigenvalue weighted by Gasteiger charge is 2.18. The molecule has 1 atom stereocenters. The molecule has 18 heavy (non-hydrogen) atoms. The maximum absolute atomic E-state index is 9.44. The van der Waals surface area contributed by atoms with Gasteiger partial charge in [-0.25, -0.2) is 0 Å². The summed E-state index contributed by atoms with van der Waals surface area (Å²) in [6.07, 6.45) is 8.35. The number of hydrogen-bond donors (Lipinski definition) is 2. The van der Waals surface area contributed by atoms with Crippen LogP contribution in [0, 0.1) is 5.92 Å². The van der Waals surface area contributed by atoms with Crippen LogP contribution in [0.1, 0.15) is 51.0 Å². The van der Waals surface area contributed by atoms with Crippen molar-refractivity contribution in [2.24, 2.45) is 5.92 Å². The second-order valence-electron chi connectivity index (χ2n) is 5.59. The number of rotatable bonds is 4. The third-order valence-corrected chi connectivity index (χ3v) is 4.15. The lowest BCUT2D eigenvalue weighted by molar-refractivity contribution is 0.336. The van der Waals surface area contributed by atoms with Crippen LogP contribution in [0.15, 0.2) is 24.3 Å². The van der Waals surface area contributed by atoms with E-state index in [1.54, 1.807) is 6.07 Å². The Bertz CT molecular complexity index is 356. The Morgan fingerprint density at radius 3 is 2.61 bits per heavy atom. The highest BCUT2D eigenvalue weighted by Crippen LogP contribution is 2.25. The van der Waals surface area contributed by atoms with Crippen LogP contribution in [-0.2, 0) is 6.54 Å². The first-order valence-corrected chi connectivity index (χ1v) is 7.27. The van der Waals surface area contributed by atoms with Gasteiger partial charge in [-0.1, -0.05) is 37.8 Å². The summed E-state index contributed by atoms with van der Waals surface area (Å²) in [5.74, 6) is 1.18. The molecule has 2 heteroatoms. The minimum atomic E-state index is 0.358. The molecule has 1 saturated carbocycles. The molecule has 0 heterocycles. The molecule has 1 aromatic rings. The average molecular weight is 247 g/mol. The topological polar surface area (TPSA) is 32.3 Å². The Labute approximate surface area is 110 Å². The van der Waals surface area contributed by atoms with Crippen molar-refractivity contribution in [2.45, 2.75) is 58.0 Å². The molecule has 1 aliphatic carbocycles. The van der Waals surface area contributed by atoms with Crippen molar-refractivity contribution in [1.82, 2.24) is 5.32 Å². The third kappa shape index (κ3) is 4.02. The van der Waals surface area contributed by atoms with Gasteiger partial charge in [-0.3, -0.25) is 0 Å². The molecule has 2 nitrogen and oxygen atoms in total. The molecule has 0 aromatic heterocycles. The minimum absolute atomic E-state index is 0.358. The lowest BCUT2D eigenvalue weighted by Crippen LogP contribution is -2.32. The Morgan fingerprint density at radius 1 is 1.22 bits per heavy atom. The fraction of sp³-hybridized carbons (Fsp3) is 0.625. The van der Waals surface area contributed by atoms with E-state index in [4.69, 9.17) is 0 Å². The maximum atomic E-state index is 9.44. The predicted molar refractivity (Wildman–Crippen MR) is 75.6 cm³/mol. The molecular weight excluding hydrogens is 222 g/mol. The van der Waals surface area contributed by atoms with Gasteiger partial charge in [0.05, 0.1) is 0 Å². The number of hydrogen-bond acceptors (Lipinski definition) is 2. The summed E-state index contributed by atoms with van der Waals surface area (Å²) in [5, 5.41) is 13.0. The van der Waals surface area contributed by atoms with E-state index in [1.165, 1.54) is 38.5 Å². The summed E-state index contributed by atoms with van der Waals surface area (Å²) in [6, 6.07) is 8.10. The molecule has 0 spiro atoms. The zero-order chi connectivity index (χ0) is 12.8. The highest BCUT2D eigenvalue weighted by molar-refractivity contribution is 5.26. The molecule has 100 valence electrons. The van der Waals surface area contributed by atoms with E-state index in [0.717, 1.165) is 18.0 Å². The third-order valence-electron chi connectivity index (χ3n) is 4.15. The SMILES string of the molecule is C[C@@H](NCc1cccc(O)c1)C1CCCCCC1. The van der Waals surface area contributed by atoms with Gasteiger partial charge in [0, 0.05) is 12.6 Å². The summed E-state index contributed by atoms with van der Waals surface area (Å²) in [5.41, 5.74) is 1.16. The molecular formula is C16H25NO. The van der Waals surface area contributed by atoms with Crippen LogP contribution in [-0.4, -0.2) is 11.1 Å². The smallest absolute Gasteiger partial charge is 0.115 e. The molecule has 1 aromatic carbocycles. The first kappa shape index (κ1) is 13.4. The van der Waals surface area contributed by atoms with Crippen molar-refractivity contribution < 1.29 is 5.11 Å². The first-order valence-electron chi connectivity index (χ1n) is 7.27. The van der Waals surface area contributed by atoms with E-state index in [0.29, 0.717) is 11.8 Å². The molecule has 1 aliphatic rings. The van der Waals surface area contributed by atoms with E-state index < -0.39 is 0 Å². The van der Waals surface area contributed by atoms with Crippen LogP contribution in [0.3, 0.4) is 0 Å². The summed E-state index contributed by atoms with van der Waals surface area (Å²) in [7, 11) is 0. The van der Waals surface area contributed by atoms with Crippen molar-refractivity contribution in [3.8, 4) is 5.75 Å². The standard InChI is InChI=1S/C16H25NO/c1-13(15-8-4-2-3-5-9-15)17-12-14-7-6-10-16(18)11-14/h6-7,10-11,13,15,17-18H,2-5,8-9,12H2,1H3/t13-/m1/s1. The van der Waals surface area contributed by atoms with Crippen molar-refractivity contribution in [1.29, 1.82) is 0 Å². The summed E-state index contributed by atoms with van der Waals surface area (Å²) < 4.78 is 0. The molecule has 1 fully saturated rings. The highest BCUT2D eigenvalue weighted by atomic mass is 16.3. The number of phenols is 1. The molecule has 0 unspecified atom stereocenters. The van der Waals surface area contributed by atoms with Gasteiger partial charge in [0.15, 0.2) is 0 Å². The van der Waals surface area contributed by atoms with Crippen molar-refractivity contribution in [3.05, 3.63) is 29.8 Å². The Kier molecular flexibility index (Phi) is 5.06. The first-order chi connectivity index (χ1) is 8.75. The van der Waals surface area contributed by atoms with E-state index >= 15 is 0 Å². The van der Waals surface area contributed by atoms with Gasteiger partial charge in [-0.2, -0.15) is 0 Å². The van der Waals surface area contributed by atoms with Gasteiger partial charge >= 0.3 is 0 Å². The van der Waals surface area contributed by atoms with Gasteiger partial charge in [0.1, 0.15) is 5.75 Å². The molecule has 0 amide bonds. The van der Waals surface area contributed by atoms with E-state index in [9.17, 15) is 5.11 Å². The molecule has 0 saturated heterocycles. The summed E-state index contributed by atoms with van der Waals surface area (Å²) in [6.45, 7) is 3.16. The van der Waals surface area contributed by atoms with Crippen molar-refractivity contribution >= 4 is 0 Å². The Balaban J connectivity index is 1.81. The second kappa shape index (κ2) is 6.79. The van der Waals surface area contributed by atoms with Crippen LogP contribution in [0.5, 0.6) is 5.75 Å². The van der Waals surface area contributed by atoms with Crippen LogP contribution in [0.25, 0.3) is 0 Å². The van der Waals surface area contributed by atoms with Gasteiger partial charge in [0.2, 0.25) is 0 Å². The zero-order valence-electron chi connectivity index (χ0n) is 11.4. The molecule has 2 rings (SSSR count). The maximum Gasteiger partial charge on any atom is 0.115 e. The number of phenolic OH excluding ortho intramolecular Hbond substituents is 1. The fourth-order valence-electron chi connectivity index (χ4n) is 2.92. The number of benzene rings is 1. The van der Waals surface area contributed by atoms with Gasteiger partial charge in [0.25, 0.3) is 0 Å². The summed E-state index contributed by atoms with van der Waals surface area (Å²) in [4.78, 5) is 0.